The van der Waals surface area contributed by atoms with E-state index in [1.807, 2.05) is 18.7 Å². The van der Waals surface area contributed by atoms with Crippen LogP contribution in [0.25, 0.3) is 0 Å². The normalized spacial score (nSPS) is 10.5. The number of hydrazone groups is 1. The van der Waals surface area contributed by atoms with Crippen molar-refractivity contribution in [2.75, 3.05) is 19.6 Å². The Bertz CT molecular complexity index is 420. The third kappa shape index (κ3) is 6.22. The second kappa shape index (κ2) is 9.35. The number of carbonyl (C=O) groups is 1. The summed E-state index contributed by atoms with van der Waals surface area (Å²) in [6, 6.07) is 6.80. The summed E-state index contributed by atoms with van der Waals surface area (Å²) in [5.41, 5.74) is 3.01. The lowest BCUT2D eigenvalue weighted by Crippen LogP contribution is -2.35. The molecule has 0 unspecified atom stereocenters. The summed E-state index contributed by atoms with van der Waals surface area (Å²) in [4.78, 5) is 13.5. The maximum absolute atomic E-state index is 11.5. The Kier molecular flexibility index (Phi) is 8.57. The van der Waals surface area contributed by atoms with E-state index in [2.05, 4.69) is 10.5 Å². The number of phenolic OH excluding ortho intramolecular Hbond substituents is 1. The van der Waals surface area contributed by atoms with Crippen LogP contribution in [0.3, 0.4) is 0 Å². The molecule has 0 aliphatic carbocycles. The van der Waals surface area contributed by atoms with Crippen LogP contribution < -0.4 is 5.43 Å². The van der Waals surface area contributed by atoms with Crippen LogP contribution >= 0.6 is 12.4 Å². The highest BCUT2D eigenvalue weighted by atomic mass is 35.5. The van der Waals surface area contributed by atoms with Crippen molar-refractivity contribution in [1.82, 2.24) is 10.3 Å². The molecule has 0 aromatic heterocycles. The van der Waals surface area contributed by atoms with Crippen molar-refractivity contribution in [3.8, 4) is 5.75 Å². The maximum Gasteiger partial charge on any atom is 0.254 e. The molecule has 106 valence electrons. The van der Waals surface area contributed by atoms with Crippen LogP contribution in [0.15, 0.2) is 29.4 Å². The predicted octanol–water partition coefficient (Wildman–Crippen LogP) is 1.61. The Balaban J connectivity index is 0.00000324. The van der Waals surface area contributed by atoms with Crippen molar-refractivity contribution < 1.29 is 9.90 Å². The first-order valence-electron chi connectivity index (χ1n) is 5.99. The molecule has 0 saturated heterocycles. The van der Waals surface area contributed by atoms with E-state index in [0.717, 1.165) is 13.1 Å². The Morgan fingerprint density at radius 3 is 2.58 bits per heavy atom. The zero-order chi connectivity index (χ0) is 13.4. The quantitative estimate of drug-likeness (QED) is 0.616. The molecule has 0 radical (unpaired) electrons. The van der Waals surface area contributed by atoms with Gasteiger partial charge >= 0.3 is 0 Å². The van der Waals surface area contributed by atoms with Crippen molar-refractivity contribution in [3.63, 3.8) is 0 Å². The molecule has 1 aromatic rings. The van der Waals surface area contributed by atoms with E-state index in [-0.39, 0.29) is 24.1 Å². The van der Waals surface area contributed by atoms with Crippen LogP contribution in [0.5, 0.6) is 5.75 Å². The molecule has 1 rings (SSSR count). The van der Waals surface area contributed by atoms with Crippen LogP contribution in [0.2, 0.25) is 0 Å². The molecule has 0 aliphatic heterocycles. The molecule has 6 heteroatoms. The van der Waals surface area contributed by atoms with Crippen LogP contribution in [0, 0.1) is 0 Å². The number of halogens is 1. The number of carbonyl (C=O) groups excluding carboxylic acids is 1. The summed E-state index contributed by atoms with van der Waals surface area (Å²) < 4.78 is 0. The number of nitrogens with one attached hydrogen (secondary N) is 1. The average molecular weight is 286 g/mol. The molecule has 1 aromatic carbocycles. The van der Waals surface area contributed by atoms with Gasteiger partial charge < -0.3 is 5.11 Å². The van der Waals surface area contributed by atoms with Gasteiger partial charge in [-0.3, -0.25) is 9.69 Å². The van der Waals surface area contributed by atoms with E-state index in [4.69, 9.17) is 0 Å². The van der Waals surface area contributed by atoms with Crippen molar-refractivity contribution in [2.45, 2.75) is 13.8 Å². The molecule has 5 nitrogen and oxygen atoms in total. The highest BCUT2D eigenvalue weighted by molar-refractivity contribution is 5.85. The number of rotatable bonds is 6. The number of nitrogens with zero attached hydrogens (tertiary/aromatic N) is 2. The number of aromatic hydroxyl groups is 1. The lowest BCUT2D eigenvalue weighted by Gasteiger charge is -2.15. The summed E-state index contributed by atoms with van der Waals surface area (Å²) in [6.45, 7) is 5.98. The predicted molar refractivity (Wildman–Crippen MR) is 78.9 cm³/mol. The second-order valence-electron chi connectivity index (χ2n) is 3.81. The molecule has 0 spiro atoms. The highest BCUT2D eigenvalue weighted by Crippen LogP contribution is 2.12. The summed E-state index contributed by atoms with van der Waals surface area (Å²) >= 11 is 0. The number of likely N-dealkylation sites (N-methyl/N-ethyl adjacent to an activating group) is 1. The molecule has 0 aliphatic rings. The smallest absolute Gasteiger partial charge is 0.254 e. The monoisotopic (exact) mass is 285 g/mol. The lowest BCUT2D eigenvalue weighted by atomic mass is 10.2. The largest absolute Gasteiger partial charge is 0.507 e. The first kappa shape index (κ1) is 17.4. The van der Waals surface area contributed by atoms with E-state index in [1.54, 1.807) is 24.3 Å². The van der Waals surface area contributed by atoms with Gasteiger partial charge in [0.1, 0.15) is 5.75 Å². The summed E-state index contributed by atoms with van der Waals surface area (Å²) in [7, 11) is 0. The Labute approximate surface area is 119 Å². The fraction of sp³-hybridized carbons (Fsp3) is 0.385. The molecule has 1 amide bonds. The summed E-state index contributed by atoms with van der Waals surface area (Å²) in [6.07, 6.45) is 1.43. The number of amides is 1. The van der Waals surface area contributed by atoms with E-state index in [9.17, 15) is 9.90 Å². The molecule has 0 saturated carbocycles. The third-order valence-electron chi connectivity index (χ3n) is 2.59. The second-order valence-corrected chi connectivity index (χ2v) is 3.81. The summed E-state index contributed by atoms with van der Waals surface area (Å²) in [5.74, 6) is -0.0235. The Morgan fingerprint density at radius 2 is 2.00 bits per heavy atom. The molecule has 2 N–H and O–H groups in total. The standard InChI is InChI=1S/C13H19N3O2.ClH/c1-3-16(4-2)10-13(18)15-14-9-11-7-5-6-8-12(11)17;/h5-9,17H,3-4,10H2,1-2H3,(H,15,18);1H/b14-9+;. The van der Waals surface area contributed by atoms with Gasteiger partial charge in [-0.25, -0.2) is 5.43 Å². The van der Waals surface area contributed by atoms with Crippen molar-refractivity contribution in [3.05, 3.63) is 29.8 Å². The topological polar surface area (TPSA) is 64.9 Å². The van der Waals surface area contributed by atoms with Crippen molar-refractivity contribution >= 4 is 24.5 Å². The third-order valence-corrected chi connectivity index (χ3v) is 2.59. The first-order chi connectivity index (χ1) is 8.67. The zero-order valence-electron chi connectivity index (χ0n) is 11.2. The molecule has 0 bridgehead atoms. The SMILES string of the molecule is CCN(CC)CC(=O)N/N=C/c1ccccc1O.Cl. The van der Waals surface area contributed by atoms with E-state index in [0.29, 0.717) is 12.1 Å². The van der Waals surface area contributed by atoms with Gasteiger partial charge in [-0.15, -0.1) is 12.4 Å². The molecule has 0 atom stereocenters. The number of hydrogen-bond donors (Lipinski definition) is 2. The number of phenols is 1. The van der Waals surface area contributed by atoms with E-state index < -0.39 is 0 Å². The molecular formula is C13H20ClN3O2. The van der Waals surface area contributed by atoms with Crippen LogP contribution in [0.4, 0.5) is 0 Å². The van der Waals surface area contributed by atoms with Gasteiger partial charge in [-0.1, -0.05) is 26.0 Å². The number of benzene rings is 1. The highest BCUT2D eigenvalue weighted by Gasteiger charge is 2.05. The van der Waals surface area contributed by atoms with E-state index in [1.165, 1.54) is 6.21 Å². The fourth-order valence-electron chi connectivity index (χ4n) is 1.46. The Morgan fingerprint density at radius 1 is 1.37 bits per heavy atom. The Hall–Kier alpha value is -1.59. The zero-order valence-corrected chi connectivity index (χ0v) is 12.0. The van der Waals surface area contributed by atoms with Crippen LogP contribution in [-0.2, 0) is 4.79 Å². The van der Waals surface area contributed by atoms with Gasteiger partial charge in [0, 0.05) is 5.56 Å². The van der Waals surface area contributed by atoms with E-state index >= 15 is 0 Å². The van der Waals surface area contributed by atoms with Crippen molar-refractivity contribution in [2.24, 2.45) is 5.10 Å². The molecular weight excluding hydrogens is 266 g/mol. The van der Waals surface area contributed by atoms with Gasteiger partial charge in [0.2, 0.25) is 0 Å². The molecule has 19 heavy (non-hydrogen) atoms. The van der Waals surface area contributed by atoms with Gasteiger partial charge in [0.25, 0.3) is 5.91 Å². The minimum Gasteiger partial charge on any atom is -0.507 e. The lowest BCUT2D eigenvalue weighted by molar-refractivity contribution is -0.122. The number of para-hydroxylation sites is 1. The van der Waals surface area contributed by atoms with Gasteiger partial charge in [0.05, 0.1) is 12.8 Å². The minimum absolute atomic E-state index is 0. The minimum atomic E-state index is -0.162. The van der Waals surface area contributed by atoms with Crippen LogP contribution in [0.1, 0.15) is 19.4 Å². The number of hydrogen-bond acceptors (Lipinski definition) is 4. The molecule has 0 heterocycles. The van der Waals surface area contributed by atoms with Gasteiger partial charge in [-0.2, -0.15) is 5.10 Å². The maximum atomic E-state index is 11.5. The summed E-state index contributed by atoms with van der Waals surface area (Å²) in [5, 5.41) is 13.3. The van der Waals surface area contributed by atoms with Crippen LogP contribution in [-0.4, -0.2) is 41.8 Å². The first-order valence-corrected chi connectivity index (χ1v) is 5.99. The van der Waals surface area contributed by atoms with Gasteiger partial charge in [0.15, 0.2) is 0 Å². The average Bonchev–Trinajstić information content (AvgIpc) is 2.38. The van der Waals surface area contributed by atoms with Crippen molar-refractivity contribution in [1.29, 1.82) is 0 Å². The molecule has 0 fully saturated rings. The van der Waals surface area contributed by atoms with Gasteiger partial charge in [-0.05, 0) is 25.2 Å². The fourth-order valence-corrected chi connectivity index (χ4v) is 1.46.